The minimum absolute atomic E-state index is 0.115. The van der Waals surface area contributed by atoms with Crippen LogP contribution in [0.2, 0.25) is 0 Å². The highest BCUT2D eigenvalue weighted by Gasteiger charge is 2.23. The lowest BCUT2D eigenvalue weighted by Gasteiger charge is -2.36. The van der Waals surface area contributed by atoms with Crippen LogP contribution in [0.4, 0.5) is 5.69 Å². The van der Waals surface area contributed by atoms with Crippen LogP contribution in [0.3, 0.4) is 0 Å². The van der Waals surface area contributed by atoms with Gasteiger partial charge in [0.25, 0.3) is 5.91 Å². The number of hydrogen-bond donors (Lipinski definition) is 1. The largest absolute Gasteiger partial charge is 0.478 e. The van der Waals surface area contributed by atoms with E-state index in [1.54, 1.807) is 17.0 Å². The van der Waals surface area contributed by atoms with Crippen LogP contribution >= 0.6 is 0 Å². The fraction of sp³-hybridized carbons (Fsp3) is 0.200. The molecule has 1 heterocycles. The number of hydrogen-bond acceptors (Lipinski definition) is 3. The molecule has 4 rings (SSSR count). The van der Waals surface area contributed by atoms with Gasteiger partial charge in [-0.05, 0) is 47.9 Å². The molecule has 0 spiro atoms. The Morgan fingerprint density at radius 2 is 1.37 bits per heavy atom. The molecule has 0 atom stereocenters. The highest BCUT2D eigenvalue weighted by atomic mass is 16.4. The Kier molecular flexibility index (Phi) is 5.80. The van der Waals surface area contributed by atoms with Gasteiger partial charge in [-0.25, -0.2) is 4.79 Å². The van der Waals surface area contributed by atoms with Gasteiger partial charge < -0.3 is 14.9 Å². The quantitative estimate of drug-likeness (QED) is 0.705. The molecule has 0 radical (unpaired) electrons. The number of carbonyl (C=O) groups is 2. The summed E-state index contributed by atoms with van der Waals surface area (Å²) >= 11 is 0. The van der Waals surface area contributed by atoms with E-state index in [0.29, 0.717) is 18.7 Å². The minimum atomic E-state index is -1.02. The fourth-order valence-corrected chi connectivity index (χ4v) is 3.79. The van der Waals surface area contributed by atoms with Crippen molar-refractivity contribution in [3.63, 3.8) is 0 Å². The smallest absolute Gasteiger partial charge is 0.335 e. The summed E-state index contributed by atoms with van der Waals surface area (Å²) in [6, 6.07) is 25.3. The van der Waals surface area contributed by atoms with Crippen molar-refractivity contribution in [2.75, 3.05) is 31.1 Å². The van der Waals surface area contributed by atoms with E-state index in [0.717, 1.165) is 25.2 Å². The van der Waals surface area contributed by atoms with Gasteiger partial charge in [-0.3, -0.25) is 4.79 Å². The highest BCUT2D eigenvalue weighted by molar-refractivity contribution is 5.97. The maximum absolute atomic E-state index is 12.8. The lowest BCUT2D eigenvalue weighted by molar-refractivity contribution is 0.0697. The molecule has 152 valence electrons. The van der Waals surface area contributed by atoms with Crippen LogP contribution in [0.1, 0.15) is 31.8 Å². The van der Waals surface area contributed by atoms with Crippen LogP contribution < -0.4 is 4.90 Å². The van der Waals surface area contributed by atoms with Crippen molar-refractivity contribution in [1.29, 1.82) is 0 Å². The fourth-order valence-electron chi connectivity index (χ4n) is 3.79. The molecule has 0 saturated carbocycles. The second kappa shape index (κ2) is 8.82. The predicted octanol–water partition coefficient (Wildman–Crippen LogP) is 3.94. The van der Waals surface area contributed by atoms with Crippen molar-refractivity contribution in [2.24, 2.45) is 0 Å². The first-order valence-electron chi connectivity index (χ1n) is 10.1. The molecule has 5 heteroatoms. The van der Waals surface area contributed by atoms with Gasteiger partial charge in [-0.1, -0.05) is 48.5 Å². The Morgan fingerprint density at radius 1 is 0.733 bits per heavy atom. The van der Waals surface area contributed by atoms with Gasteiger partial charge in [-0.2, -0.15) is 0 Å². The summed E-state index contributed by atoms with van der Waals surface area (Å²) in [6.45, 7) is 2.73. The Bertz CT molecular complexity index is 1020. The molecule has 0 aromatic heterocycles. The highest BCUT2D eigenvalue weighted by Crippen LogP contribution is 2.20. The van der Waals surface area contributed by atoms with Crippen LogP contribution in [-0.2, 0) is 6.42 Å². The Morgan fingerprint density at radius 3 is 2.03 bits per heavy atom. The molecule has 5 nitrogen and oxygen atoms in total. The number of aromatic carboxylic acids is 1. The first kappa shape index (κ1) is 19.7. The van der Waals surface area contributed by atoms with E-state index in [-0.39, 0.29) is 11.5 Å². The number of carboxylic acids is 1. The number of anilines is 1. The first-order valence-corrected chi connectivity index (χ1v) is 10.1. The summed E-state index contributed by atoms with van der Waals surface area (Å²) < 4.78 is 0. The standard InChI is InChI=1S/C25H24N2O3/c28-24(21-7-4-8-22(18-21)25(29)30)27-15-13-26(14-16-27)23-11-9-20(10-12-23)17-19-5-2-1-3-6-19/h1-12,18H,13-17H2,(H,29,30). The third-order valence-electron chi connectivity index (χ3n) is 5.48. The number of benzene rings is 3. The van der Waals surface area contributed by atoms with E-state index >= 15 is 0 Å². The summed E-state index contributed by atoms with van der Waals surface area (Å²) in [5.41, 5.74) is 4.29. The first-order chi connectivity index (χ1) is 14.6. The Balaban J connectivity index is 1.35. The molecule has 0 unspecified atom stereocenters. The maximum Gasteiger partial charge on any atom is 0.335 e. The Labute approximate surface area is 176 Å². The molecule has 3 aromatic rings. The summed E-state index contributed by atoms with van der Waals surface area (Å²) in [4.78, 5) is 28.0. The van der Waals surface area contributed by atoms with Gasteiger partial charge in [0.15, 0.2) is 0 Å². The summed E-state index contributed by atoms with van der Waals surface area (Å²) in [5, 5.41) is 9.13. The van der Waals surface area contributed by atoms with Crippen molar-refractivity contribution >= 4 is 17.6 Å². The van der Waals surface area contributed by atoms with Crippen molar-refractivity contribution in [1.82, 2.24) is 4.90 Å². The van der Waals surface area contributed by atoms with E-state index in [9.17, 15) is 9.59 Å². The number of rotatable bonds is 5. The molecule has 30 heavy (non-hydrogen) atoms. The van der Waals surface area contributed by atoms with Gasteiger partial charge in [0.05, 0.1) is 5.56 Å². The van der Waals surface area contributed by atoms with Crippen molar-refractivity contribution < 1.29 is 14.7 Å². The summed E-state index contributed by atoms with van der Waals surface area (Å²) in [7, 11) is 0. The van der Waals surface area contributed by atoms with Gasteiger partial charge in [-0.15, -0.1) is 0 Å². The van der Waals surface area contributed by atoms with E-state index in [2.05, 4.69) is 53.4 Å². The molecule has 1 aliphatic heterocycles. The lowest BCUT2D eigenvalue weighted by atomic mass is 10.0. The molecular weight excluding hydrogens is 376 g/mol. The molecule has 0 aliphatic carbocycles. The Hall–Kier alpha value is -3.60. The molecule has 1 fully saturated rings. The number of carboxylic acid groups (broad SMARTS) is 1. The summed E-state index contributed by atoms with van der Waals surface area (Å²) in [5.74, 6) is -1.14. The number of carbonyl (C=O) groups excluding carboxylic acids is 1. The third kappa shape index (κ3) is 4.51. The molecule has 1 saturated heterocycles. The second-order valence-corrected chi connectivity index (χ2v) is 7.49. The lowest BCUT2D eigenvalue weighted by Crippen LogP contribution is -2.48. The van der Waals surface area contributed by atoms with E-state index in [1.165, 1.54) is 23.3 Å². The zero-order valence-corrected chi connectivity index (χ0v) is 16.7. The normalized spacial score (nSPS) is 13.9. The average molecular weight is 400 g/mol. The van der Waals surface area contributed by atoms with Gasteiger partial charge in [0.1, 0.15) is 0 Å². The molecular formula is C25H24N2O3. The average Bonchev–Trinajstić information content (AvgIpc) is 2.80. The van der Waals surface area contributed by atoms with Gasteiger partial charge in [0.2, 0.25) is 0 Å². The molecule has 0 bridgehead atoms. The molecule has 1 amide bonds. The van der Waals surface area contributed by atoms with E-state index < -0.39 is 5.97 Å². The van der Waals surface area contributed by atoms with Crippen molar-refractivity contribution in [2.45, 2.75) is 6.42 Å². The monoisotopic (exact) mass is 400 g/mol. The number of nitrogens with zero attached hydrogens (tertiary/aromatic N) is 2. The van der Waals surface area contributed by atoms with E-state index in [4.69, 9.17) is 5.11 Å². The molecule has 1 aliphatic rings. The zero-order chi connectivity index (χ0) is 20.9. The zero-order valence-electron chi connectivity index (χ0n) is 16.7. The third-order valence-corrected chi connectivity index (χ3v) is 5.48. The van der Waals surface area contributed by atoms with Crippen molar-refractivity contribution in [3.05, 3.63) is 101 Å². The second-order valence-electron chi connectivity index (χ2n) is 7.49. The number of piperazine rings is 1. The van der Waals surface area contributed by atoms with Gasteiger partial charge in [0, 0.05) is 37.4 Å². The van der Waals surface area contributed by atoms with Crippen LogP contribution in [0, 0.1) is 0 Å². The van der Waals surface area contributed by atoms with Gasteiger partial charge >= 0.3 is 5.97 Å². The molecule has 1 N–H and O–H groups in total. The predicted molar refractivity (Wildman–Crippen MR) is 117 cm³/mol. The van der Waals surface area contributed by atoms with E-state index in [1.807, 2.05) is 6.07 Å². The summed E-state index contributed by atoms with van der Waals surface area (Å²) in [6.07, 6.45) is 0.915. The maximum atomic E-state index is 12.8. The number of amides is 1. The van der Waals surface area contributed by atoms with Crippen LogP contribution in [0.15, 0.2) is 78.9 Å². The van der Waals surface area contributed by atoms with Crippen LogP contribution in [-0.4, -0.2) is 48.1 Å². The van der Waals surface area contributed by atoms with Crippen molar-refractivity contribution in [3.8, 4) is 0 Å². The molecule has 3 aromatic carbocycles. The van der Waals surface area contributed by atoms with Crippen LogP contribution in [0.5, 0.6) is 0 Å². The SMILES string of the molecule is O=C(O)c1cccc(C(=O)N2CCN(c3ccc(Cc4ccccc4)cc3)CC2)c1. The minimum Gasteiger partial charge on any atom is -0.478 e. The van der Waals surface area contributed by atoms with Crippen LogP contribution in [0.25, 0.3) is 0 Å². The topological polar surface area (TPSA) is 60.9 Å².